The molecule has 39 heavy (non-hydrogen) atoms. The molecular weight excluding hydrogens is 563 g/mol. The maximum absolute atomic E-state index is 13.6. The Hall–Kier alpha value is -3.68. The molecule has 1 aliphatic heterocycles. The summed E-state index contributed by atoms with van der Waals surface area (Å²) in [7, 11) is 1.64. The summed E-state index contributed by atoms with van der Waals surface area (Å²) in [6, 6.07) is 3.63. The molecule has 1 aromatic carbocycles. The van der Waals surface area contributed by atoms with E-state index in [0.717, 1.165) is 12.1 Å². The Labute approximate surface area is 227 Å². The number of halogens is 6. The Morgan fingerprint density at radius 2 is 1.87 bits per heavy atom. The zero-order valence-corrected chi connectivity index (χ0v) is 21.6. The summed E-state index contributed by atoms with van der Waals surface area (Å²) < 4.78 is 63.1. The minimum atomic E-state index is -4.57. The van der Waals surface area contributed by atoms with Crippen LogP contribution in [0.2, 0.25) is 10.2 Å². The van der Waals surface area contributed by atoms with Crippen molar-refractivity contribution in [3.63, 3.8) is 0 Å². The van der Waals surface area contributed by atoms with Gasteiger partial charge in [0.15, 0.2) is 22.3 Å². The Morgan fingerprint density at radius 1 is 1.08 bits per heavy atom. The first-order valence-corrected chi connectivity index (χ1v) is 12.3. The van der Waals surface area contributed by atoms with Crippen LogP contribution in [0.25, 0.3) is 16.7 Å². The van der Waals surface area contributed by atoms with Gasteiger partial charge in [-0.05, 0) is 23.8 Å². The third-order valence-electron chi connectivity index (χ3n) is 6.27. The molecule has 0 saturated carbocycles. The van der Waals surface area contributed by atoms with Gasteiger partial charge in [-0.2, -0.15) is 23.3 Å². The van der Waals surface area contributed by atoms with E-state index in [1.54, 1.807) is 28.8 Å². The highest BCUT2D eigenvalue weighted by Gasteiger charge is 2.32. The number of nitrogens with one attached hydrogen (secondary N) is 1. The summed E-state index contributed by atoms with van der Waals surface area (Å²) in [4.78, 5) is 14.5. The molecule has 4 aromatic heterocycles. The average molecular weight is 581 g/mol. The highest BCUT2D eigenvalue weighted by atomic mass is 35.5. The Kier molecular flexibility index (Phi) is 6.24. The van der Waals surface area contributed by atoms with Gasteiger partial charge in [-0.3, -0.25) is 4.90 Å². The lowest BCUT2D eigenvalue weighted by molar-refractivity contribution is -0.137. The number of imidazole rings is 1. The van der Waals surface area contributed by atoms with E-state index in [1.165, 1.54) is 23.1 Å². The quantitative estimate of drug-likeness (QED) is 0.245. The normalized spacial score (nSPS) is 14.7. The highest BCUT2D eigenvalue weighted by Crippen LogP contribution is 2.38. The van der Waals surface area contributed by atoms with E-state index >= 15 is 0 Å². The largest absolute Gasteiger partial charge is 0.450 e. The molecule has 202 valence electrons. The van der Waals surface area contributed by atoms with Crippen molar-refractivity contribution >= 4 is 51.5 Å². The van der Waals surface area contributed by atoms with Crippen LogP contribution in [0.3, 0.4) is 0 Å². The molecule has 0 amide bonds. The maximum atomic E-state index is 13.6. The number of hydrogen-bond acceptors (Lipinski definition) is 7. The van der Waals surface area contributed by atoms with Gasteiger partial charge in [-0.15, -0.1) is 0 Å². The summed E-state index contributed by atoms with van der Waals surface area (Å²) in [5.41, 5.74) is 0.802. The van der Waals surface area contributed by atoms with Crippen molar-refractivity contribution in [2.75, 3.05) is 18.4 Å². The summed E-state index contributed by atoms with van der Waals surface area (Å²) in [6.45, 7) is 0.575. The smallest absolute Gasteiger partial charge is 0.416 e. The number of rotatable bonds is 6. The van der Waals surface area contributed by atoms with Gasteiger partial charge in [0.25, 0.3) is 0 Å². The maximum Gasteiger partial charge on any atom is 0.416 e. The zero-order chi connectivity index (χ0) is 27.5. The van der Waals surface area contributed by atoms with Crippen LogP contribution in [0.4, 0.5) is 29.2 Å². The fourth-order valence-corrected chi connectivity index (χ4v) is 4.94. The highest BCUT2D eigenvalue weighted by molar-refractivity contribution is 6.36. The number of aromatic nitrogens is 6. The van der Waals surface area contributed by atoms with E-state index in [0.29, 0.717) is 22.3 Å². The summed E-state index contributed by atoms with van der Waals surface area (Å²) >= 11 is 12.9. The first kappa shape index (κ1) is 25.6. The minimum absolute atomic E-state index is 0.164. The van der Waals surface area contributed by atoms with Crippen molar-refractivity contribution in [1.29, 1.82) is 0 Å². The van der Waals surface area contributed by atoms with E-state index in [1.807, 2.05) is 0 Å². The summed E-state index contributed by atoms with van der Waals surface area (Å²) in [5, 5.41) is 7.46. The Bertz CT molecular complexity index is 1710. The van der Waals surface area contributed by atoms with Crippen molar-refractivity contribution in [3.05, 3.63) is 64.3 Å². The van der Waals surface area contributed by atoms with Crippen LogP contribution in [0.15, 0.2) is 43.0 Å². The number of likely N-dealkylation sites (tertiary alicyclic amines) is 1. The molecule has 0 aliphatic carbocycles. The van der Waals surface area contributed by atoms with E-state index in [-0.39, 0.29) is 52.8 Å². The monoisotopic (exact) mass is 580 g/mol. The molecule has 9 nitrogen and oxygen atoms in total. The van der Waals surface area contributed by atoms with Gasteiger partial charge >= 0.3 is 6.18 Å². The summed E-state index contributed by atoms with van der Waals surface area (Å²) in [6.07, 6.45) is 0.415. The van der Waals surface area contributed by atoms with Crippen LogP contribution in [0.1, 0.15) is 11.1 Å². The van der Waals surface area contributed by atoms with E-state index < -0.39 is 17.9 Å². The number of nitrogens with zero attached hydrogens (tertiary/aromatic N) is 7. The molecule has 5 heterocycles. The minimum Gasteiger partial charge on any atom is -0.450 e. The van der Waals surface area contributed by atoms with Crippen LogP contribution in [-0.4, -0.2) is 53.3 Å². The standard InChI is InChI=1S/C24H18Cl2F4N8O/c1-36-20-18(25)16(39-17-8-33-38-3-2-31-21(26)19(17)38)7-32-22(20)35-23(36)34-15-5-12(9-37-10-14(27)11-37)4-13(6-15)24(28,29)30/h2-8,14H,9-11H2,1H3,(H,32,34,35). The molecule has 0 spiro atoms. The lowest BCUT2D eigenvalue weighted by Gasteiger charge is -2.34. The van der Waals surface area contributed by atoms with Crippen molar-refractivity contribution in [3.8, 4) is 11.5 Å². The van der Waals surface area contributed by atoms with Crippen LogP contribution in [-0.2, 0) is 19.8 Å². The topological polar surface area (TPSA) is 85.4 Å². The number of anilines is 2. The molecule has 0 atom stereocenters. The molecule has 6 rings (SSSR count). The van der Waals surface area contributed by atoms with Gasteiger partial charge < -0.3 is 14.6 Å². The lowest BCUT2D eigenvalue weighted by atomic mass is 10.1. The van der Waals surface area contributed by atoms with Gasteiger partial charge in [-0.1, -0.05) is 23.2 Å². The number of benzene rings is 1. The average Bonchev–Trinajstić information content (AvgIpc) is 3.41. The predicted octanol–water partition coefficient (Wildman–Crippen LogP) is 6.03. The first-order chi connectivity index (χ1) is 18.6. The Balaban J connectivity index is 1.33. The molecule has 1 N–H and O–H groups in total. The zero-order valence-electron chi connectivity index (χ0n) is 20.0. The molecule has 1 saturated heterocycles. The van der Waals surface area contributed by atoms with Crippen molar-refractivity contribution in [2.24, 2.45) is 7.05 Å². The van der Waals surface area contributed by atoms with Gasteiger partial charge in [0, 0.05) is 44.8 Å². The van der Waals surface area contributed by atoms with Gasteiger partial charge in [-0.25, -0.2) is 18.9 Å². The van der Waals surface area contributed by atoms with E-state index in [9.17, 15) is 17.6 Å². The first-order valence-electron chi connectivity index (χ1n) is 11.6. The number of fused-ring (bicyclic) bond motifs is 2. The van der Waals surface area contributed by atoms with E-state index in [2.05, 4.69) is 25.4 Å². The van der Waals surface area contributed by atoms with Crippen LogP contribution in [0, 0.1) is 0 Å². The number of pyridine rings is 1. The second kappa shape index (κ2) is 9.50. The molecule has 5 aromatic rings. The van der Waals surface area contributed by atoms with Crippen molar-refractivity contribution < 1.29 is 22.3 Å². The van der Waals surface area contributed by atoms with Gasteiger partial charge in [0.1, 0.15) is 22.2 Å². The number of aryl methyl sites for hydroxylation is 1. The fourth-order valence-electron chi connectivity index (χ4n) is 4.41. The molecule has 0 bridgehead atoms. The molecule has 0 radical (unpaired) electrons. The van der Waals surface area contributed by atoms with Crippen molar-refractivity contribution in [2.45, 2.75) is 18.9 Å². The second-order valence-corrected chi connectivity index (χ2v) is 9.79. The van der Waals surface area contributed by atoms with Gasteiger partial charge in [0.05, 0.1) is 18.0 Å². The molecule has 1 aliphatic rings. The molecular formula is C24H18Cl2F4N8O. The Morgan fingerprint density at radius 3 is 2.62 bits per heavy atom. The third-order valence-corrected chi connectivity index (χ3v) is 6.91. The van der Waals surface area contributed by atoms with Crippen LogP contribution >= 0.6 is 23.2 Å². The summed E-state index contributed by atoms with van der Waals surface area (Å²) in [5.74, 6) is 0.697. The molecule has 1 fully saturated rings. The predicted molar refractivity (Wildman–Crippen MR) is 136 cm³/mol. The van der Waals surface area contributed by atoms with Gasteiger partial charge in [0.2, 0.25) is 5.95 Å². The van der Waals surface area contributed by atoms with Crippen LogP contribution in [0.5, 0.6) is 11.5 Å². The number of ether oxygens (including phenoxy) is 1. The van der Waals surface area contributed by atoms with Crippen molar-refractivity contribution in [1.82, 2.24) is 34.0 Å². The lowest BCUT2D eigenvalue weighted by Crippen LogP contribution is -2.47. The molecule has 15 heteroatoms. The SMILES string of the molecule is Cn1c(Nc2cc(CN3CC(F)C3)cc(C(F)(F)F)c2)nc2ncc(Oc3cnn4ccnc(Cl)c34)c(Cl)c21. The molecule has 0 unspecified atom stereocenters. The third kappa shape index (κ3) is 4.81. The van der Waals surface area contributed by atoms with Crippen LogP contribution < -0.4 is 10.1 Å². The number of alkyl halides is 4. The number of hydrogen-bond donors (Lipinski definition) is 1. The second-order valence-electron chi connectivity index (χ2n) is 9.06. The van der Waals surface area contributed by atoms with E-state index in [4.69, 9.17) is 27.9 Å². The fraction of sp³-hybridized carbons (Fsp3) is 0.250.